The number of nitrogens with one attached hydrogen (secondary N) is 1. The van der Waals surface area contributed by atoms with E-state index in [2.05, 4.69) is 24.1 Å². The molecule has 0 spiro atoms. The van der Waals surface area contributed by atoms with E-state index in [0.29, 0.717) is 22.8 Å². The fraction of sp³-hybridized carbons (Fsp3) is 0.500. The molecule has 0 aliphatic carbocycles. The maximum absolute atomic E-state index is 11.9. The highest BCUT2D eigenvalue weighted by atomic mass is 35.5. The van der Waals surface area contributed by atoms with Crippen LogP contribution in [0.15, 0.2) is 18.2 Å². The Hall–Kier alpha value is -1.26. The summed E-state index contributed by atoms with van der Waals surface area (Å²) in [5.41, 5.74) is 6.66. The Labute approximate surface area is 119 Å². The minimum Gasteiger partial charge on any atom is -0.399 e. The monoisotopic (exact) mass is 283 g/mol. The molecule has 5 heteroatoms. The van der Waals surface area contributed by atoms with Crippen LogP contribution in [-0.2, 0) is 0 Å². The number of hydrogen-bond acceptors (Lipinski definition) is 3. The van der Waals surface area contributed by atoms with Gasteiger partial charge in [0, 0.05) is 29.4 Å². The third-order valence-corrected chi connectivity index (χ3v) is 3.10. The van der Waals surface area contributed by atoms with Crippen molar-refractivity contribution in [2.75, 3.05) is 31.9 Å². The summed E-state index contributed by atoms with van der Waals surface area (Å²) in [6, 6.07) is 4.88. The zero-order chi connectivity index (χ0) is 14.3. The molecule has 1 aromatic rings. The lowest BCUT2D eigenvalue weighted by Crippen LogP contribution is -2.35. The van der Waals surface area contributed by atoms with Crippen LogP contribution in [-0.4, -0.2) is 37.0 Å². The molecule has 1 aromatic carbocycles. The first-order chi connectivity index (χ1) is 9.06. The molecule has 0 fully saturated rings. The zero-order valence-electron chi connectivity index (χ0n) is 11.6. The van der Waals surface area contributed by atoms with Gasteiger partial charge in [-0.05, 0) is 37.7 Å². The maximum atomic E-state index is 11.9. The second-order valence-electron chi connectivity index (χ2n) is 4.46. The SMILES string of the molecule is CCCN(CC)CCNC(=O)c1cc(N)cc(Cl)c1. The number of carbonyl (C=O) groups excluding carboxylic acids is 1. The number of carbonyl (C=O) groups is 1. The van der Waals surface area contributed by atoms with E-state index in [1.807, 2.05) is 0 Å². The van der Waals surface area contributed by atoms with Crippen LogP contribution in [0.2, 0.25) is 5.02 Å². The summed E-state index contributed by atoms with van der Waals surface area (Å²) in [4.78, 5) is 14.2. The minimum absolute atomic E-state index is 0.137. The van der Waals surface area contributed by atoms with Gasteiger partial charge in [-0.15, -0.1) is 0 Å². The number of nitrogens with zero attached hydrogens (tertiary/aromatic N) is 1. The molecule has 0 heterocycles. The smallest absolute Gasteiger partial charge is 0.251 e. The van der Waals surface area contributed by atoms with Crippen molar-refractivity contribution >= 4 is 23.2 Å². The second kappa shape index (κ2) is 8.02. The molecule has 0 saturated carbocycles. The fourth-order valence-electron chi connectivity index (χ4n) is 1.92. The number of likely N-dealkylation sites (N-methyl/N-ethyl adjacent to an activating group) is 1. The number of benzene rings is 1. The molecule has 0 unspecified atom stereocenters. The summed E-state index contributed by atoms with van der Waals surface area (Å²) in [6.07, 6.45) is 1.12. The Morgan fingerprint density at radius 2 is 2.05 bits per heavy atom. The van der Waals surface area contributed by atoms with Crippen molar-refractivity contribution in [3.63, 3.8) is 0 Å². The Kier molecular flexibility index (Phi) is 6.67. The van der Waals surface area contributed by atoms with Gasteiger partial charge in [0.25, 0.3) is 5.91 Å². The van der Waals surface area contributed by atoms with E-state index in [0.717, 1.165) is 26.1 Å². The number of rotatable bonds is 7. The van der Waals surface area contributed by atoms with Crippen molar-refractivity contribution in [1.82, 2.24) is 10.2 Å². The van der Waals surface area contributed by atoms with E-state index >= 15 is 0 Å². The van der Waals surface area contributed by atoms with Gasteiger partial charge in [0.1, 0.15) is 0 Å². The molecular weight excluding hydrogens is 262 g/mol. The lowest BCUT2D eigenvalue weighted by atomic mass is 10.2. The van der Waals surface area contributed by atoms with Crippen LogP contribution in [0.3, 0.4) is 0 Å². The van der Waals surface area contributed by atoms with E-state index in [1.54, 1.807) is 18.2 Å². The molecule has 3 N–H and O–H groups in total. The largest absolute Gasteiger partial charge is 0.399 e. The van der Waals surface area contributed by atoms with Crippen molar-refractivity contribution < 1.29 is 4.79 Å². The van der Waals surface area contributed by atoms with E-state index in [-0.39, 0.29) is 5.91 Å². The number of hydrogen-bond donors (Lipinski definition) is 2. The molecule has 0 aliphatic rings. The Morgan fingerprint density at radius 1 is 1.32 bits per heavy atom. The fourth-order valence-corrected chi connectivity index (χ4v) is 2.16. The highest BCUT2D eigenvalue weighted by Gasteiger charge is 2.08. The molecule has 0 radical (unpaired) electrons. The lowest BCUT2D eigenvalue weighted by molar-refractivity contribution is 0.0948. The average Bonchev–Trinajstić information content (AvgIpc) is 2.36. The van der Waals surface area contributed by atoms with Gasteiger partial charge in [0.2, 0.25) is 0 Å². The number of amides is 1. The summed E-state index contributed by atoms with van der Waals surface area (Å²) in [5, 5.41) is 3.36. The number of nitrogen functional groups attached to an aromatic ring is 1. The second-order valence-corrected chi connectivity index (χ2v) is 4.90. The summed E-state index contributed by atoms with van der Waals surface area (Å²) < 4.78 is 0. The predicted octanol–water partition coefficient (Wildman–Crippen LogP) is 2.38. The number of anilines is 1. The highest BCUT2D eigenvalue weighted by molar-refractivity contribution is 6.31. The molecule has 0 atom stereocenters. The highest BCUT2D eigenvalue weighted by Crippen LogP contribution is 2.16. The van der Waals surface area contributed by atoms with E-state index in [4.69, 9.17) is 17.3 Å². The first-order valence-corrected chi connectivity index (χ1v) is 7.01. The van der Waals surface area contributed by atoms with Crippen LogP contribution in [0.5, 0.6) is 0 Å². The molecule has 1 rings (SSSR count). The molecule has 4 nitrogen and oxygen atoms in total. The van der Waals surface area contributed by atoms with E-state index in [1.165, 1.54) is 0 Å². The first kappa shape index (κ1) is 15.8. The van der Waals surface area contributed by atoms with Gasteiger partial charge in [0.05, 0.1) is 0 Å². The summed E-state index contributed by atoms with van der Waals surface area (Å²) in [6.45, 7) is 7.79. The first-order valence-electron chi connectivity index (χ1n) is 6.63. The molecule has 0 aliphatic heterocycles. The number of halogens is 1. The van der Waals surface area contributed by atoms with Gasteiger partial charge in [0.15, 0.2) is 0 Å². The van der Waals surface area contributed by atoms with Gasteiger partial charge in [-0.2, -0.15) is 0 Å². The van der Waals surface area contributed by atoms with Crippen molar-refractivity contribution in [3.05, 3.63) is 28.8 Å². The predicted molar refractivity (Wildman–Crippen MR) is 80.6 cm³/mol. The van der Waals surface area contributed by atoms with Gasteiger partial charge >= 0.3 is 0 Å². The summed E-state index contributed by atoms with van der Waals surface area (Å²) >= 11 is 5.87. The molecule has 19 heavy (non-hydrogen) atoms. The average molecular weight is 284 g/mol. The van der Waals surface area contributed by atoms with Crippen LogP contribution in [0.1, 0.15) is 30.6 Å². The topological polar surface area (TPSA) is 58.4 Å². The Bertz CT molecular complexity index is 403. The van der Waals surface area contributed by atoms with Gasteiger partial charge in [-0.3, -0.25) is 4.79 Å². The molecular formula is C14H22ClN3O. The molecule has 0 aromatic heterocycles. The van der Waals surface area contributed by atoms with Crippen LogP contribution >= 0.6 is 11.6 Å². The quantitative estimate of drug-likeness (QED) is 0.756. The molecule has 106 valence electrons. The van der Waals surface area contributed by atoms with Crippen LogP contribution in [0.4, 0.5) is 5.69 Å². The third kappa shape index (κ3) is 5.49. The standard InChI is InChI=1S/C14H22ClN3O/c1-3-6-18(4-2)7-5-17-14(19)11-8-12(15)10-13(16)9-11/h8-10H,3-7,16H2,1-2H3,(H,17,19). The molecule has 0 bridgehead atoms. The van der Waals surface area contributed by atoms with Crippen molar-refractivity contribution in [1.29, 1.82) is 0 Å². The van der Waals surface area contributed by atoms with Gasteiger partial charge in [-0.25, -0.2) is 0 Å². The minimum atomic E-state index is -0.137. The zero-order valence-corrected chi connectivity index (χ0v) is 12.3. The third-order valence-electron chi connectivity index (χ3n) is 2.88. The maximum Gasteiger partial charge on any atom is 0.251 e. The molecule has 0 saturated heterocycles. The lowest BCUT2D eigenvalue weighted by Gasteiger charge is -2.19. The van der Waals surface area contributed by atoms with Crippen LogP contribution in [0, 0.1) is 0 Å². The van der Waals surface area contributed by atoms with Gasteiger partial charge in [-0.1, -0.05) is 25.4 Å². The van der Waals surface area contributed by atoms with E-state index < -0.39 is 0 Å². The van der Waals surface area contributed by atoms with Crippen molar-refractivity contribution in [3.8, 4) is 0 Å². The number of nitrogens with two attached hydrogens (primary N) is 1. The normalized spacial score (nSPS) is 10.7. The van der Waals surface area contributed by atoms with Crippen molar-refractivity contribution in [2.24, 2.45) is 0 Å². The Morgan fingerprint density at radius 3 is 2.63 bits per heavy atom. The van der Waals surface area contributed by atoms with Crippen LogP contribution in [0.25, 0.3) is 0 Å². The van der Waals surface area contributed by atoms with Crippen molar-refractivity contribution in [2.45, 2.75) is 20.3 Å². The molecule has 1 amide bonds. The summed E-state index contributed by atoms with van der Waals surface area (Å²) in [7, 11) is 0. The Balaban J connectivity index is 2.46. The van der Waals surface area contributed by atoms with Crippen LogP contribution < -0.4 is 11.1 Å². The summed E-state index contributed by atoms with van der Waals surface area (Å²) in [5.74, 6) is -0.137. The van der Waals surface area contributed by atoms with Gasteiger partial charge < -0.3 is 16.0 Å². The van der Waals surface area contributed by atoms with E-state index in [9.17, 15) is 4.79 Å².